The Morgan fingerprint density at radius 2 is 2.14 bits per heavy atom. The fourth-order valence-corrected chi connectivity index (χ4v) is 2.97. The SMILES string of the molecule is CC[C@@H]1CCCCN1C(=O)c1cc(-c2ccc(F)cc2)no1. The average molecular weight is 302 g/mol. The molecule has 1 amide bonds. The van der Waals surface area contributed by atoms with E-state index in [1.54, 1.807) is 18.2 Å². The fourth-order valence-electron chi connectivity index (χ4n) is 2.97. The van der Waals surface area contributed by atoms with Gasteiger partial charge >= 0.3 is 0 Å². The smallest absolute Gasteiger partial charge is 0.292 e. The molecule has 0 unspecified atom stereocenters. The van der Waals surface area contributed by atoms with Crippen LogP contribution >= 0.6 is 0 Å². The molecule has 3 rings (SSSR count). The van der Waals surface area contributed by atoms with E-state index in [1.165, 1.54) is 18.6 Å². The van der Waals surface area contributed by atoms with Crippen LogP contribution in [0.4, 0.5) is 4.39 Å². The quantitative estimate of drug-likeness (QED) is 0.864. The first-order valence-electron chi connectivity index (χ1n) is 7.72. The van der Waals surface area contributed by atoms with Gasteiger partial charge in [0, 0.05) is 24.2 Å². The summed E-state index contributed by atoms with van der Waals surface area (Å²) in [5.74, 6) is -0.158. The van der Waals surface area contributed by atoms with Crippen LogP contribution in [0, 0.1) is 5.82 Å². The predicted octanol–water partition coefficient (Wildman–Crippen LogP) is 3.89. The average Bonchev–Trinajstić information content (AvgIpc) is 3.05. The monoisotopic (exact) mass is 302 g/mol. The molecule has 116 valence electrons. The molecule has 1 saturated heterocycles. The Bertz CT molecular complexity index is 651. The second-order valence-corrected chi connectivity index (χ2v) is 5.64. The number of carbonyl (C=O) groups is 1. The van der Waals surface area contributed by atoms with Crippen molar-refractivity contribution >= 4 is 5.91 Å². The van der Waals surface area contributed by atoms with Gasteiger partial charge in [-0.05, 0) is 49.9 Å². The molecule has 2 aromatic rings. The molecule has 0 N–H and O–H groups in total. The molecule has 0 saturated carbocycles. The maximum absolute atomic E-state index is 13.0. The molecular weight excluding hydrogens is 283 g/mol. The largest absolute Gasteiger partial charge is 0.350 e. The third-order valence-electron chi connectivity index (χ3n) is 4.22. The molecule has 0 radical (unpaired) electrons. The Hall–Kier alpha value is -2.17. The van der Waals surface area contributed by atoms with Gasteiger partial charge in [-0.25, -0.2) is 4.39 Å². The summed E-state index contributed by atoms with van der Waals surface area (Å²) in [6.45, 7) is 2.87. The fraction of sp³-hybridized carbons (Fsp3) is 0.412. The summed E-state index contributed by atoms with van der Waals surface area (Å²) >= 11 is 0. The third kappa shape index (κ3) is 2.89. The van der Waals surface area contributed by atoms with Crippen molar-refractivity contribution in [3.05, 3.63) is 41.9 Å². The number of hydrogen-bond donors (Lipinski definition) is 0. The van der Waals surface area contributed by atoms with Crippen molar-refractivity contribution in [1.82, 2.24) is 10.1 Å². The normalized spacial score (nSPS) is 18.5. The molecule has 0 bridgehead atoms. The zero-order chi connectivity index (χ0) is 15.5. The molecule has 2 heterocycles. The Morgan fingerprint density at radius 3 is 2.86 bits per heavy atom. The summed E-state index contributed by atoms with van der Waals surface area (Å²) < 4.78 is 18.2. The van der Waals surface area contributed by atoms with Crippen molar-refractivity contribution in [3.63, 3.8) is 0 Å². The molecule has 4 nitrogen and oxygen atoms in total. The highest BCUT2D eigenvalue weighted by Crippen LogP contribution is 2.24. The predicted molar refractivity (Wildman–Crippen MR) is 80.9 cm³/mol. The van der Waals surface area contributed by atoms with Crippen LogP contribution in [0.1, 0.15) is 43.2 Å². The van der Waals surface area contributed by atoms with Gasteiger partial charge in [0.1, 0.15) is 11.5 Å². The first-order chi connectivity index (χ1) is 10.7. The molecule has 0 aliphatic carbocycles. The van der Waals surface area contributed by atoms with Crippen molar-refractivity contribution in [2.24, 2.45) is 0 Å². The molecule has 1 atom stereocenters. The molecule has 1 aliphatic rings. The first-order valence-corrected chi connectivity index (χ1v) is 7.72. The molecular formula is C17H19FN2O2. The Balaban J connectivity index is 1.80. The molecule has 1 aromatic heterocycles. The van der Waals surface area contributed by atoms with Gasteiger partial charge in [0.05, 0.1) is 0 Å². The van der Waals surface area contributed by atoms with Gasteiger partial charge in [-0.1, -0.05) is 12.1 Å². The zero-order valence-electron chi connectivity index (χ0n) is 12.6. The minimum absolute atomic E-state index is 0.104. The van der Waals surface area contributed by atoms with Gasteiger partial charge in [0.15, 0.2) is 0 Å². The molecule has 0 spiro atoms. The van der Waals surface area contributed by atoms with E-state index in [0.29, 0.717) is 5.69 Å². The molecule has 1 aromatic carbocycles. The lowest BCUT2D eigenvalue weighted by Gasteiger charge is -2.34. The highest BCUT2D eigenvalue weighted by atomic mass is 19.1. The number of nitrogens with zero attached hydrogens (tertiary/aromatic N) is 2. The summed E-state index contributed by atoms with van der Waals surface area (Å²) in [7, 11) is 0. The van der Waals surface area contributed by atoms with Gasteiger partial charge in [0.2, 0.25) is 5.76 Å². The standard InChI is InChI=1S/C17H19FN2O2/c1-2-14-5-3-4-10-20(14)17(21)16-11-15(19-22-16)12-6-8-13(18)9-7-12/h6-9,11,14H,2-5,10H2,1H3/t14-/m1/s1. The number of aromatic nitrogens is 1. The molecule has 22 heavy (non-hydrogen) atoms. The number of rotatable bonds is 3. The van der Waals surface area contributed by atoms with Gasteiger partial charge in [-0.15, -0.1) is 0 Å². The van der Waals surface area contributed by atoms with E-state index in [-0.39, 0.29) is 23.5 Å². The number of amides is 1. The lowest BCUT2D eigenvalue weighted by Crippen LogP contribution is -2.43. The van der Waals surface area contributed by atoms with Crippen LogP contribution in [0.3, 0.4) is 0 Å². The maximum Gasteiger partial charge on any atom is 0.292 e. The van der Waals surface area contributed by atoms with Gasteiger partial charge in [-0.2, -0.15) is 0 Å². The van der Waals surface area contributed by atoms with Crippen molar-refractivity contribution in [1.29, 1.82) is 0 Å². The van der Waals surface area contributed by atoms with Crippen LogP contribution in [0.2, 0.25) is 0 Å². The van der Waals surface area contributed by atoms with Gasteiger partial charge in [0.25, 0.3) is 5.91 Å². The molecule has 1 aliphatic heterocycles. The van der Waals surface area contributed by atoms with Crippen molar-refractivity contribution in [2.45, 2.75) is 38.6 Å². The second kappa shape index (κ2) is 6.30. The summed E-state index contributed by atoms with van der Waals surface area (Å²) in [6.07, 6.45) is 4.19. The first kappa shape index (κ1) is 14.8. The van der Waals surface area contributed by atoms with Crippen LogP contribution < -0.4 is 0 Å². The second-order valence-electron chi connectivity index (χ2n) is 5.64. The van der Waals surface area contributed by atoms with E-state index < -0.39 is 0 Å². The molecule has 5 heteroatoms. The summed E-state index contributed by atoms with van der Waals surface area (Å²) in [4.78, 5) is 14.5. The highest BCUT2D eigenvalue weighted by molar-refractivity contribution is 5.92. The van der Waals surface area contributed by atoms with E-state index in [1.807, 2.05) is 4.90 Å². The Labute approximate surface area is 128 Å². The van der Waals surface area contributed by atoms with Crippen LogP contribution in [0.15, 0.2) is 34.9 Å². The van der Waals surface area contributed by atoms with Crippen molar-refractivity contribution < 1.29 is 13.7 Å². The van der Waals surface area contributed by atoms with Crippen molar-refractivity contribution in [3.8, 4) is 11.3 Å². The van der Waals surface area contributed by atoms with E-state index in [2.05, 4.69) is 12.1 Å². The van der Waals surface area contributed by atoms with Gasteiger partial charge < -0.3 is 9.42 Å². The number of hydrogen-bond acceptors (Lipinski definition) is 3. The molecule has 1 fully saturated rings. The number of benzene rings is 1. The Morgan fingerprint density at radius 1 is 1.36 bits per heavy atom. The Kier molecular flexibility index (Phi) is 4.22. The van der Waals surface area contributed by atoms with E-state index >= 15 is 0 Å². The number of halogens is 1. The lowest BCUT2D eigenvalue weighted by atomic mass is 9.99. The van der Waals surface area contributed by atoms with E-state index in [0.717, 1.165) is 31.4 Å². The van der Waals surface area contributed by atoms with Crippen LogP contribution in [-0.2, 0) is 0 Å². The van der Waals surface area contributed by atoms with Crippen LogP contribution in [-0.4, -0.2) is 28.6 Å². The zero-order valence-corrected chi connectivity index (χ0v) is 12.6. The van der Waals surface area contributed by atoms with Crippen LogP contribution in [0.5, 0.6) is 0 Å². The third-order valence-corrected chi connectivity index (χ3v) is 4.22. The lowest BCUT2D eigenvalue weighted by molar-refractivity contribution is 0.0566. The minimum Gasteiger partial charge on any atom is -0.350 e. The van der Waals surface area contributed by atoms with Crippen LogP contribution in [0.25, 0.3) is 11.3 Å². The van der Waals surface area contributed by atoms with Crippen molar-refractivity contribution in [2.75, 3.05) is 6.54 Å². The maximum atomic E-state index is 13.0. The number of carbonyl (C=O) groups excluding carboxylic acids is 1. The highest BCUT2D eigenvalue weighted by Gasteiger charge is 2.28. The van der Waals surface area contributed by atoms with Gasteiger partial charge in [-0.3, -0.25) is 4.79 Å². The summed E-state index contributed by atoms with van der Waals surface area (Å²) in [6, 6.07) is 7.89. The number of piperidine rings is 1. The topological polar surface area (TPSA) is 46.3 Å². The van der Waals surface area contributed by atoms with E-state index in [4.69, 9.17) is 4.52 Å². The summed E-state index contributed by atoms with van der Waals surface area (Å²) in [5, 5.41) is 3.94. The summed E-state index contributed by atoms with van der Waals surface area (Å²) in [5.41, 5.74) is 1.28. The minimum atomic E-state index is -0.303. The number of likely N-dealkylation sites (tertiary alicyclic amines) is 1. The van der Waals surface area contributed by atoms with E-state index in [9.17, 15) is 9.18 Å².